The lowest BCUT2D eigenvalue weighted by Gasteiger charge is -2.09. The van der Waals surface area contributed by atoms with E-state index in [0.29, 0.717) is 17.7 Å². The van der Waals surface area contributed by atoms with Crippen LogP contribution in [-0.4, -0.2) is 18.4 Å². The van der Waals surface area contributed by atoms with Gasteiger partial charge in [-0.05, 0) is 48.6 Å². The Bertz CT molecular complexity index is 794. The largest absolute Gasteiger partial charge is 0.484 e. The van der Waals surface area contributed by atoms with Gasteiger partial charge in [0.1, 0.15) is 11.6 Å². The van der Waals surface area contributed by atoms with E-state index in [4.69, 9.17) is 4.74 Å². The number of hydrogen-bond acceptors (Lipinski definition) is 3. The van der Waals surface area contributed by atoms with Crippen molar-refractivity contribution in [3.05, 3.63) is 65.5 Å². The molecule has 0 bridgehead atoms. The van der Waals surface area contributed by atoms with Gasteiger partial charge >= 0.3 is 0 Å². The van der Waals surface area contributed by atoms with Crippen LogP contribution < -0.4 is 15.6 Å². The highest BCUT2D eigenvalue weighted by molar-refractivity contribution is 5.86. The van der Waals surface area contributed by atoms with Crippen LogP contribution in [-0.2, 0) is 9.59 Å². The second kappa shape index (κ2) is 7.34. The van der Waals surface area contributed by atoms with E-state index in [0.717, 1.165) is 5.56 Å². The van der Waals surface area contributed by atoms with Gasteiger partial charge in [-0.15, -0.1) is 0 Å². The minimum atomic E-state index is -0.460. The summed E-state index contributed by atoms with van der Waals surface area (Å²) in [6, 6.07) is 13.8. The van der Waals surface area contributed by atoms with E-state index in [1.165, 1.54) is 6.07 Å². The molecule has 1 saturated carbocycles. The molecule has 0 aromatic heterocycles. The van der Waals surface area contributed by atoms with Crippen molar-refractivity contribution in [2.75, 3.05) is 6.61 Å². The lowest BCUT2D eigenvalue weighted by atomic mass is 10.1. The maximum atomic E-state index is 13.7. The van der Waals surface area contributed by atoms with Gasteiger partial charge < -0.3 is 4.74 Å². The Balaban J connectivity index is 1.42. The highest BCUT2D eigenvalue weighted by Crippen LogP contribution is 2.48. The summed E-state index contributed by atoms with van der Waals surface area (Å²) in [5, 5.41) is 0. The van der Waals surface area contributed by atoms with Crippen molar-refractivity contribution in [2.24, 2.45) is 5.92 Å². The lowest BCUT2D eigenvalue weighted by Crippen LogP contribution is -2.44. The van der Waals surface area contributed by atoms with Crippen molar-refractivity contribution in [1.82, 2.24) is 10.9 Å². The molecule has 2 aromatic carbocycles. The first-order valence-electron chi connectivity index (χ1n) is 8.07. The first-order valence-corrected chi connectivity index (χ1v) is 8.07. The minimum absolute atomic E-state index is 0.137. The highest BCUT2D eigenvalue weighted by atomic mass is 19.1. The molecule has 2 unspecified atom stereocenters. The van der Waals surface area contributed by atoms with E-state index in [9.17, 15) is 14.0 Å². The molecule has 2 N–H and O–H groups in total. The Morgan fingerprint density at radius 1 is 1.16 bits per heavy atom. The number of hydrazine groups is 1. The van der Waals surface area contributed by atoms with Gasteiger partial charge in [0.2, 0.25) is 5.91 Å². The molecule has 2 amide bonds. The summed E-state index contributed by atoms with van der Waals surface area (Å²) in [5.41, 5.74) is 6.25. The number of halogens is 1. The predicted octanol–water partition coefficient (Wildman–Crippen LogP) is 2.46. The summed E-state index contributed by atoms with van der Waals surface area (Å²) >= 11 is 0. The normalized spacial score (nSPS) is 18.3. The van der Waals surface area contributed by atoms with Gasteiger partial charge in [0.05, 0.1) is 0 Å². The maximum Gasteiger partial charge on any atom is 0.276 e. The highest BCUT2D eigenvalue weighted by Gasteiger charge is 2.45. The number of carbonyl (C=O) groups is 2. The van der Waals surface area contributed by atoms with Crippen molar-refractivity contribution in [3.8, 4) is 5.75 Å². The smallest absolute Gasteiger partial charge is 0.276 e. The number of benzene rings is 2. The van der Waals surface area contributed by atoms with Crippen LogP contribution in [0, 0.1) is 18.7 Å². The zero-order valence-electron chi connectivity index (χ0n) is 13.8. The molecule has 0 aliphatic heterocycles. The zero-order valence-corrected chi connectivity index (χ0v) is 13.8. The molecule has 130 valence electrons. The van der Waals surface area contributed by atoms with E-state index in [1.54, 1.807) is 24.3 Å². The lowest BCUT2D eigenvalue weighted by molar-refractivity contribution is -0.130. The molecule has 2 aromatic rings. The quantitative estimate of drug-likeness (QED) is 0.820. The summed E-state index contributed by atoms with van der Waals surface area (Å²) in [6.45, 7) is 1.72. The van der Waals surface area contributed by atoms with Gasteiger partial charge in [0.15, 0.2) is 6.61 Å². The molecule has 1 fully saturated rings. The molecular formula is C19H19FN2O3. The maximum absolute atomic E-state index is 13.7. The van der Waals surface area contributed by atoms with Gasteiger partial charge in [-0.2, -0.15) is 0 Å². The van der Waals surface area contributed by atoms with Crippen LogP contribution >= 0.6 is 0 Å². The number of carbonyl (C=O) groups excluding carboxylic acids is 2. The Morgan fingerprint density at radius 2 is 1.96 bits per heavy atom. The molecular weight excluding hydrogens is 323 g/mol. The fourth-order valence-electron chi connectivity index (χ4n) is 2.72. The van der Waals surface area contributed by atoms with Crippen LogP contribution in [0.3, 0.4) is 0 Å². The molecule has 0 radical (unpaired) electrons. The summed E-state index contributed by atoms with van der Waals surface area (Å²) in [6.07, 6.45) is 0.572. The second-order valence-electron chi connectivity index (χ2n) is 6.11. The van der Waals surface area contributed by atoms with Crippen LogP contribution in [0.2, 0.25) is 0 Å². The molecule has 25 heavy (non-hydrogen) atoms. The Hall–Kier alpha value is -2.89. The van der Waals surface area contributed by atoms with Crippen molar-refractivity contribution < 1.29 is 18.7 Å². The first-order chi connectivity index (χ1) is 12.0. The van der Waals surface area contributed by atoms with Crippen molar-refractivity contribution in [2.45, 2.75) is 19.3 Å². The summed E-state index contributed by atoms with van der Waals surface area (Å²) in [4.78, 5) is 23.8. The van der Waals surface area contributed by atoms with Gasteiger partial charge in [-0.1, -0.05) is 30.3 Å². The Morgan fingerprint density at radius 3 is 2.72 bits per heavy atom. The van der Waals surface area contributed by atoms with E-state index < -0.39 is 5.91 Å². The number of aryl methyl sites for hydroxylation is 1. The molecule has 1 aliphatic rings. The Labute approximate surface area is 145 Å². The summed E-state index contributed by atoms with van der Waals surface area (Å²) in [7, 11) is 0. The molecule has 0 saturated heterocycles. The number of nitrogens with one attached hydrogen (secondary N) is 2. The minimum Gasteiger partial charge on any atom is -0.484 e. The topological polar surface area (TPSA) is 67.4 Å². The van der Waals surface area contributed by atoms with Crippen LogP contribution in [0.15, 0.2) is 48.5 Å². The average molecular weight is 342 g/mol. The van der Waals surface area contributed by atoms with E-state index in [2.05, 4.69) is 10.9 Å². The summed E-state index contributed by atoms with van der Waals surface area (Å²) in [5.74, 6) is -0.965. The van der Waals surface area contributed by atoms with Crippen molar-refractivity contribution >= 4 is 11.8 Å². The third-order valence-electron chi connectivity index (χ3n) is 4.12. The molecule has 2 atom stereocenters. The average Bonchev–Trinajstić information content (AvgIpc) is 3.39. The molecule has 5 nitrogen and oxygen atoms in total. The third-order valence-corrected chi connectivity index (χ3v) is 4.12. The third kappa shape index (κ3) is 4.35. The predicted molar refractivity (Wildman–Crippen MR) is 90.2 cm³/mol. The number of ether oxygens (including phenoxy) is 1. The number of hydrogen-bond donors (Lipinski definition) is 2. The van der Waals surface area contributed by atoms with Crippen LogP contribution in [0.5, 0.6) is 5.75 Å². The molecule has 1 aliphatic carbocycles. The SMILES string of the molecule is Cc1cccc(OCC(=O)NNC(=O)C2CC2c2ccccc2F)c1. The van der Waals surface area contributed by atoms with E-state index >= 15 is 0 Å². The zero-order chi connectivity index (χ0) is 17.8. The van der Waals surface area contributed by atoms with Crippen molar-refractivity contribution in [3.63, 3.8) is 0 Å². The van der Waals surface area contributed by atoms with Crippen LogP contribution in [0.1, 0.15) is 23.5 Å². The summed E-state index contributed by atoms with van der Waals surface area (Å²) < 4.78 is 19.1. The Kier molecular flexibility index (Phi) is 4.97. The van der Waals surface area contributed by atoms with E-state index in [1.807, 2.05) is 25.1 Å². The number of amides is 2. The van der Waals surface area contributed by atoms with Crippen LogP contribution in [0.25, 0.3) is 0 Å². The fourth-order valence-corrected chi connectivity index (χ4v) is 2.72. The second-order valence-corrected chi connectivity index (χ2v) is 6.11. The first kappa shape index (κ1) is 17.0. The molecule has 6 heteroatoms. The standard InChI is InChI=1S/C19H19FN2O3/c1-12-5-4-6-13(9-12)25-11-18(23)21-22-19(24)16-10-15(16)14-7-2-3-8-17(14)20/h2-9,15-16H,10-11H2,1H3,(H,21,23)(H,22,24). The van der Waals surface area contributed by atoms with Gasteiger partial charge in [-0.25, -0.2) is 4.39 Å². The van der Waals surface area contributed by atoms with Gasteiger partial charge in [0.25, 0.3) is 5.91 Å². The number of rotatable bonds is 5. The van der Waals surface area contributed by atoms with E-state index in [-0.39, 0.29) is 30.2 Å². The van der Waals surface area contributed by atoms with Gasteiger partial charge in [-0.3, -0.25) is 20.4 Å². The fraction of sp³-hybridized carbons (Fsp3) is 0.263. The monoisotopic (exact) mass is 342 g/mol. The van der Waals surface area contributed by atoms with Crippen molar-refractivity contribution in [1.29, 1.82) is 0 Å². The molecule has 3 rings (SSSR count). The van der Waals surface area contributed by atoms with Gasteiger partial charge in [0, 0.05) is 5.92 Å². The molecule has 0 heterocycles. The van der Waals surface area contributed by atoms with Crippen LogP contribution in [0.4, 0.5) is 4.39 Å². The molecule has 0 spiro atoms.